The highest BCUT2D eigenvalue weighted by Crippen LogP contribution is 2.43. The van der Waals surface area contributed by atoms with E-state index in [0.717, 1.165) is 0 Å². The van der Waals surface area contributed by atoms with E-state index in [9.17, 15) is 14.7 Å². The minimum absolute atomic E-state index is 0.0226. The van der Waals surface area contributed by atoms with Crippen LogP contribution < -0.4 is 5.32 Å². The Morgan fingerprint density at radius 1 is 1.30 bits per heavy atom. The summed E-state index contributed by atoms with van der Waals surface area (Å²) < 4.78 is 5.33. The largest absolute Gasteiger partial charge is 0.478 e. The van der Waals surface area contributed by atoms with Gasteiger partial charge in [0.05, 0.1) is 39.6 Å². The lowest BCUT2D eigenvalue weighted by molar-refractivity contribution is -0.143. The number of nitrogens with one attached hydrogen (secondary N) is 1. The molecule has 0 radical (unpaired) electrons. The number of dihydropyridines is 1. The monoisotopic (exact) mass is 408 g/mol. The zero-order chi connectivity index (χ0) is 20.3. The molecular weight excluding hydrogens is 391 g/mol. The van der Waals surface area contributed by atoms with Gasteiger partial charge in [-0.15, -0.1) is 0 Å². The molecular formula is C19H18Cl2N2O4. The van der Waals surface area contributed by atoms with Gasteiger partial charge in [0.25, 0.3) is 0 Å². The van der Waals surface area contributed by atoms with Crippen molar-refractivity contribution in [2.24, 2.45) is 0 Å². The minimum atomic E-state index is -1.19. The number of carboxylic acid groups (broad SMARTS) is 1. The van der Waals surface area contributed by atoms with Crippen molar-refractivity contribution in [2.45, 2.75) is 39.2 Å². The van der Waals surface area contributed by atoms with Crippen LogP contribution in [0.4, 0.5) is 0 Å². The van der Waals surface area contributed by atoms with E-state index in [4.69, 9.17) is 33.2 Å². The maximum atomic E-state index is 12.8. The first kappa shape index (κ1) is 20.8. The van der Waals surface area contributed by atoms with Crippen LogP contribution in [0.25, 0.3) is 0 Å². The van der Waals surface area contributed by atoms with Gasteiger partial charge < -0.3 is 15.2 Å². The van der Waals surface area contributed by atoms with Crippen molar-refractivity contribution < 1.29 is 19.4 Å². The lowest BCUT2D eigenvalue weighted by Crippen LogP contribution is -2.32. The number of carbonyl (C=O) groups excluding carboxylic acids is 1. The topological polar surface area (TPSA) is 99.4 Å². The first-order valence-corrected chi connectivity index (χ1v) is 8.88. The van der Waals surface area contributed by atoms with Gasteiger partial charge in [0.1, 0.15) is 6.10 Å². The van der Waals surface area contributed by atoms with Crippen molar-refractivity contribution in [3.8, 4) is 6.07 Å². The Hall–Kier alpha value is -2.49. The number of benzene rings is 1. The maximum Gasteiger partial charge on any atom is 0.337 e. The van der Waals surface area contributed by atoms with E-state index in [2.05, 4.69) is 5.32 Å². The Balaban J connectivity index is 2.63. The molecule has 2 unspecified atom stereocenters. The van der Waals surface area contributed by atoms with Crippen LogP contribution >= 0.6 is 23.2 Å². The Labute approximate surface area is 167 Å². The minimum Gasteiger partial charge on any atom is -0.478 e. The van der Waals surface area contributed by atoms with Crippen LogP contribution in [0.3, 0.4) is 0 Å². The third-order valence-electron chi connectivity index (χ3n) is 4.19. The fourth-order valence-corrected chi connectivity index (χ4v) is 3.44. The molecule has 1 aliphatic heterocycles. The molecule has 0 bridgehead atoms. The standard InChI is InChI=1S/C19H18Cl2N2O4/c1-9(7-8-22)27-19(26)15-11(3)23-10(2)14(18(24)25)16(15)12-5-4-6-13(20)17(12)21/h4-6,9,16,23H,7H2,1-3H3,(H,24,25). The lowest BCUT2D eigenvalue weighted by atomic mass is 9.80. The first-order valence-electron chi connectivity index (χ1n) is 8.12. The maximum absolute atomic E-state index is 12.8. The highest BCUT2D eigenvalue weighted by Gasteiger charge is 2.38. The molecule has 1 aromatic carbocycles. The Bertz CT molecular complexity index is 899. The van der Waals surface area contributed by atoms with Crippen LogP contribution in [0.5, 0.6) is 0 Å². The smallest absolute Gasteiger partial charge is 0.337 e. The van der Waals surface area contributed by atoms with Crippen molar-refractivity contribution in [1.29, 1.82) is 5.26 Å². The molecule has 0 amide bonds. The molecule has 0 saturated carbocycles. The zero-order valence-electron chi connectivity index (χ0n) is 15.0. The fraction of sp³-hybridized carbons (Fsp3) is 0.316. The van der Waals surface area contributed by atoms with E-state index >= 15 is 0 Å². The second-order valence-electron chi connectivity index (χ2n) is 6.16. The number of esters is 1. The van der Waals surface area contributed by atoms with E-state index in [1.807, 2.05) is 6.07 Å². The SMILES string of the molecule is CC1=C(C(=O)O)C(c2cccc(Cl)c2Cl)C(C(=O)OC(C)CC#N)=C(C)N1. The zero-order valence-corrected chi connectivity index (χ0v) is 16.5. The van der Waals surface area contributed by atoms with Gasteiger partial charge in [-0.1, -0.05) is 35.3 Å². The summed E-state index contributed by atoms with van der Waals surface area (Å²) >= 11 is 12.4. The third-order valence-corrected chi connectivity index (χ3v) is 5.02. The number of ether oxygens (including phenoxy) is 1. The van der Waals surface area contributed by atoms with Crippen LogP contribution in [0, 0.1) is 11.3 Å². The predicted molar refractivity (Wildman–Crippen MR) is 101 cm³/mol. The van der Waals surface area contributed by atoms with Crippen molar-refractivity contribution in [3.63, 3.8) is 0 Å². The third kappa shape index (κ3) is 4.26. The van der Waals surface area contributed by atoms with E-state index in [-0.39, 0.29) is 27.6 Å². The molecule has 8 heteroatoms. The number of carboxylic acids is 1. The van der Waals surface area contributed by atoms with Gasteiger partial charge in [0.2, 0.25) is 0 Å². The molecule has 1 aliphatic rings. The van der Waals surface area contributed by atoms with Crippen LogP contribution in [0.15, 0.2) is 40.7 Å². The fourth-order valence-electron chi connectivity index (χ4n) is 3.02. The van der Waals surface area contributed by atoms with E-state index in [1.54, 1.807) is 39.0 Å². The second-order valence-corrected chi connectivity index (χ2v) is 6.95. The molecule has 0 spiro atoms. The molecule has 0 aromatic heterocycles. The summed E-state index contributed by atoms with van der Waals surface area (Å²) in [5, 5.41) is 21.9. The normalized spacial score (nSPS) is 17.9. The van der Waals surface area contributed by atoms with Gasteiger partial charge in [-0.25, -0.2) is 9.59 Å². The van der Waals surface area contributed by atoms with Crippen molar-refractivity contribution >= 4 is 35.1 Å². The van der Waals surface area contributed by atoms with Crippen molar-refractivity contribution in [2.75, 3.05) is 0 Å². The highest BCUT2D eigenvalue weighted by atomic mass is 35.5. The molecule has 142 valence electrons. The first-order chi connectivity index (χ1) is 12.7. The van der Waals surface area contributed by atoms with Crippen LogP contribution in [0.1, 0.15) is 38.7 Å². The summed E-state index contributed by atoms with van der Waals surface area (Å²) in [6.07, 6.45) is -0.618. The molecule has 6 nitrogen and oxygen atoms in total. The van der Waals surface area contributed by atoms with Gasteiger partial charge in [0, 0.05) is 11.4 Å². The van der Waals surface area contributed by atoms with E-state index in [0.29, 0.717) is 17.0 Å². The number of aliphatic carboxylic acids is 1. The Morgan fingerprint density at radius 2 is 1.93 bits per heavy atom. The molecule has 2 rings (SSSR count). The van der Waals surface area contributed by atoms with Crippen molar-refractivity contribution in [3.05, 3.63) is 56.3 Å². The van der Waals surface area contributed by atoms with E-state index in [1.165, 1.54) is 0 Å². The van der Waals surface area contributed by atoms with E-state index < -0.39 is 24.0 Å². The number of rotatable bonds is 5. The predicted octanol–water partition coefficient (Wildman–Crippen LogP) is 4.16. The molecule has 1 heterocycles. The average molecular weight is 409 g/mol. The van der Waals surface area contributed by atoms with Crippen LogP contribution in [-0.4, -0.2) is 23.1 Å². The van der Waals surface area contributed by atoms with Crippen molar-refractivity contribution in [1.82, 2.24) is 5.32 Å². The molecule has 0 fully saturated rings. The van der Waals surface area contributed by atoms with Crippen LogP contribution in [-0.2, 0) is 14.3 Å². The molecule has 0 aliphatic carbocycles. The number of hydrogen-bond acceptors (Lipinski definition) is 5. The summed E-state index contributed by atoms with van der Waals surface area (Å²) in [6, 6.07) is 6.77. The number of nitriles is 1. The van der Waals surface area contributed by atoms with Gasteiger partial charge in [-0.05, 0) is 32.4 Å². The van der Waals surface area contributed by atoms with Gasteiger partial charge in [-0.2, -0.15) is 5.26 Å². The number of carbonyl (C=O) groups is 2. The van der Waals surface area contributed by atoms with Crippen LogP contribution in [0.2, 0.25) is 10.0 Å². The molecule has 0 saturated heterocycles. The molecule has 27 heavy (non-hydrogen) atoms. The molecule has 2 atom stereocenters. The van der Waals surface area contributed by atoms with Gasteiger partial charge >= 0.3 is 11.9 Å². The molecule has 1 aromatic rings. The summed E-state index contributed by atoms with van der Waals surface area (Å²) in [6.45, 7) is 4.85. The second kappa shape index (κ2) is 8.47. The number of nitrogens with zero attached hydrogens (tertiary/aromatic N) is 1. The van der Waals surface area contributed by atoms with Gasteiger partial charge in [-0.3, -0.25) is 0 Å². The quantitative estimate of drug-likeness (QED) is 0.709. The summed E-state index contributed by atoms with van der Waals surface area (Å²) in [5.74, 6) is -2.87. The summed E-state index contributed by atoms with van der Waals surface area (Å²) in [7, 11) is 0. The molecule has 2 N–H and O–H groups in total. The lowest BCUT2D eigenvalue weighted by Gasteiger charge is -2.30. The summed E-state index contributed by atoms with van der Waals surface area (Å²) in [4.78, 5) is 24.8. The Kier molecular flexibility index (Phi) is 6.53. The summed E-state index contributed by atoms with van der Waals surface area (Å²) in [5.41, 5.74) is 1.33. The van der Waals surface area contributed by atoms with Gasteiger partial charge in [0.15, 0.2) is 0 Å². The number of allylic oxidation sites excluding steroid dienone is 2. The Morgan fingerprint density at radius 3 is 2.52 bits per heavy atom. The highest BCUT2D eigenvalue weighted by molar-refractivity contribution is 6.42. The average Bonchev–Trinajstić information content (AvgIpc) is 2.56. The number of halogens is 2. The number of hydrogen-bond donors (Lipinski definition) is 2.